The molecule has 4 rings (SSSR count). The van der Waals surface area contributed by atoms with E-state index in [2.05, 4.69) is 0 Å². The van der Waals surface area contributed by atoms with Gasteiger partial charge < -0.3 is 4.74 Å². The summed E-state index contributed by atoms with van der Waals surface area (Å²) in [5, 5.41) is 0. The molecule has 2 aliphatic rings. The Labute approximate surface area is 130 Å². The molecule has 0 N–H and O–H groups in total. The molecule has 1 aliphatic heterocycles. The van der Waals surface area contributed by atoms with Crippen molar-refractivity contribution in [3.63, 3.8) is 0 Å². The van der Waals surface area contributed by atoms with Gasteiger partial charge in [0.2, 0.25) is 0 Å². The number of nitrogens with zero attached hydrogens (tertiary/aromatic N) is 1. The Kier molecular flexibility index (Phi) is 3.20. The van der Waals surface area contributed by atoms with Crippen LogP contribution >= 0.6 is 0 Å². The number of ether oxygens (including phenoxy) is 1. The zero-order chi connectivity index (χ0) is 15.2. The number of benzene rings is 2. The summed E-state index contributed by atoms with van der Waals surface area (Å²) in [6.45, 7) is 0.867. The predicted octanol–water partition coefficient (Wildman–Crippen LogP) is 3.07. The van der Waals surface area contributed by atoms with Crippen LogP contribution in [0, 0.1) is 0 Å². The van der Waals surface area contributed by atoms with E-state index in [0.29, 0.717) is 18.1 Å². The van der Waals surface area contributed by atoms with E-state index in [1.807, 2.05) is 36.4 Å². The van der Waals surface area contributed by atoms with Gasteiger partial charge in [-0.3, -0.25) is 4.31 Å². The first-order chi connectivity index (χ1) is 10.7. The molecule has 0 spiro atoms. The zero-order valence-corrected chi connectivity index (χ0v) is 12.9. The van der Waals surface area contributed by atoms with E-state index < -0.39 is 10.0 Å². The average Bonchev–Trinajstić information content (AvgIpc) is 3.22. The highest BCUT2D eigenvalue weighted by molar-refractivity contribution is 7.93. The van der Waals surface area contributed by atoms with Crippen LogP contribution in [0.1, 0.15) is 24.0 Å². The van der Waals surface area contributed by atoms with Crippen molar-refractivity contribution in [3.8, 4) is 0 Å². The molecule has 0 bridgehead atoms. The number of fused-ring (bicyclic) bond motifs is 1. The highest BCUT2D eigenvalue weighted by Gasteiger charge is 2.39. The van der Waals surface area contributed by atoms with E-state index in [9.17, 15) is 8.42 Å². The number of hydrogen-bond donors (Lipinski definition) is 0. The van der Waals surface area contributed by atoms with E-state index in [1.165, 1.54) is 0 Å². The molecule has 4 nitrogen and oxygen atoms in total. The van der Waals surface area contributed by atoms with Crippen molar-refractivity contribution in [1.82, 2.24) is 0 Å². The smallest absolute Gasteiger partial charge is 0.264 e. The van der Waals surface area contributed by atoms with Gasteiger partial charge in [0.25, 0.3) is 10.0 Å². The first-order valence-corrected chi connectivity index (χ1v) is 8.90. The van der Waals surface area contributed by atoms with Crippen molar-refractivity contribution >= 4 is 15.7 Å². The van der Waals surface area contributed by atoms with Gasteiger partial charge in [-0.05, 0) is 36.6 Å². The lowest BCUT2D eigenvalue weighted by atomic mass is 10.1. The van der Waals surface area contributed by atoms with Crippen LogP contribution in [0.15, 0.2) is 53.4 Å². The number of para-hydroxylation sites is 1. The molecule has 114 valence electrons. The van der Waals surface area contributed by atoms with Gasteiger partial charge in [0.15, 0.2) is 0 Å². The molecule has 0 radical (unpaired) electrons. The van der Waals surface area contributed by atoms with Crippen LogP contribution < -0.4 is 4.31 Å². The van der Waals surface area contributed by atoms with Gasteiger partial charge in [0.05, 0.1) is 23.8 Å². The van der Waals surface area contributed by atoms with Crippen LogP contribution in [-0.4, -0.2) is 14.5 Å². The van der Waals surface area contributed by atoms with Crippen molar-refractivity contribution in [2.24, 2.45) is 0 Å². The Hall–Kier alpha value is -1.85. The van der Waals surface area contributed by atoms with Crippen LogP contribution in [0.4, 0.5) is 5.69 Å². The maximum atomic E-state index is 13.2. The average molecular weight is 315 g/mol. The Morgan fingerprint density at radius 1 is 0.955 bits per heavy atom. The van der Waals surface area contributed by atoms with Crippen molar-refractivity contribution in [2.45, 2.75) is 37.0 Å². The first-order valence-electron chi connectivity index (χ1n) is 7.46. The monoisotopic (exact) mass is 315 g/mol. The molecule has 0 unspecified atom stereocenters. The Morgan fingerprint density at radius 3 is 2.45 bits per heavy atom. The summed E-state index contributed by atoms with van der Waals surface area (Å²) in [5.74, 6) is 0. The summed E-state index contributed by atoms with van der Waals surface area (Å²) in [6.07, 6.45) is 1.83. The normalized spacial score (nSPS) is 17.3. The lowest BCUT2D eigenvalue weighted by Gasteiger charge is -2.25. The summed E-state index contributed by atoms with van der Waals surface area (Å²) >= 11 is 0. The molecule has 0 atom stereocenters. The van der Waals surface area contributed by atoms with Gasteiger partial charge in [-0.15, -0.1) is 0 Å². The van der Waals surface area contributed by atoms with E-state index in [1.54, 1.807) is 16.4 Å². The second-order valence-corrected chi connectivity index (χ2v) is 7.54. The number of sulfonamides is 1. The minimum absolute atomic E-state index is 0.0746. The summed E-state index contributed by atoms with van der Waals surface area (Å²) in [6, 6.07) is 14.9. The van der Waals surface area contributed by atoms with Crippen LogP contribution in [-0.2, 0) is 28.0 Å². The molecule has 0 saturated heterocycles. The van der Waals surface area contributed by atoms with E-state index >= 15 is 0 Å². The Balaban J connectivity index is 1.84. The summed E-state index contributed by atoms with van der Waals surface area (Å²) < 4.78 is 33.5. The standard InChI is InChI=1S/C17H17NO3S/c19-22(20,17-8-4-5-13-11-21-12-16(13)17)18(15-9-10-15)14-6-2-1-3-7-14/h1-8,15H,9-12H2. The molecular weight excluding hydrogens is 298 g/mol. The second kappa shape index (κ2) is 5.11. The lowest BCUT2D eigenvalue weighted by Crippen LogP contribution is -2.33. The van der Waals surface area contributed by atoms with Gasteiger partial charge in [0.1, 0.15) is 0 Å². The van der Waals surface area contributed by atoms with Crippen LogP contribution in [0.25, 0.3) is 0 Å². The van der Waals surface area contributed by atoms with Gasteiger partial charge in [0, 0.05) is 11.6 Å². The number of anilines is 1. The molecule has 1 heterocycles. The number of rotatable bonds is 4. The van der Waals surface area contributed by atoms with Gasteiger partial charge >= 0.3 is 0 Å². The van der Waals surface area contributed by atoms with Gasteiger partial charge in [-0.2, -0.15) is 0 Å². The van der Waals surface area contributed by atoms with Gasteiger partial charge in [-0.1, -0.05) is 30.3 Å². The Morgan fingerprint density at radius 2 is 1.73 bits per heavy atom. The molecule has 0 amide bonds. The molecule has 5 heteroatoms. The quantitative estimate of drug-likeness (QED) is 0.871. The molecule has 2 aromatic rings. The van der Waals surface area contributed by atoms with Gasteiger partial charge in [-0.25, -0.2) is 8.42 Å². The van der Waals surface area contributed by atoms with Crippen molar-refractivity contribution in [1.29, 1.82) is 0 Å². The molecule has 2 aromatic carbocycles. The fourth-order valence-corrected chi connectivity index (χ4v) is 4.92. The third-order valence-corrected chi connectivity index (χ3v) is 6.13. The molecule has 0 aromatic heterocycles. The van der Waals surface area contributed by atoms with E-state index in [4.69, 9.17) is 4.74 Å². The lowest BCUT2D eigenvalue weighted by molar-refractivity contribution is 0.133. The van der Waals surface area contributed by atoms with Crippen molar-refractivity contribution in [2.75, 3.05) is 4.31 Å². The van der Waals surface area contributed by atoms with Crippen LogP contribution in [0.5, 0.6) is 0 Å². The highest BCUT2D eigenvalue weighted by Crippen LogP contribution is 2.38. The number of hydrogen-bond acceptors (Lipinski definition) is 3. The molecule has 1 fully saturated rings. The molecule has 1 saturated carbocycles. The highest BCUT2D eigenvalue weighted by atomic mass is 32.2. The first kappa shape index (κ1) is 13.8. The third-order valence-electron chi connectivity index (χ3n) is 4.16. The Bertz CT molecular complexity index is 798. The van der Waals surface area contributed by atoms with Crippen LogP contribution in [0.3, 0.4) is 0 Å². The third kappa shape index (κ3) is 2.21. The maximum absolute atomic E-state index is 13.2. The minimum atomic E-state index is -3.56. The van der Waals surface area contributed by atoms with E-state index in [-0.39, 0.29) is 6.04 Å². The summed E-state index contributed by atoms with van der Waals surface area (Å²) in [5.41, 5.74) is 2.52. The molecule has 1 aliphatic carbocycles. The fourth-order valence-electron chi connectivity index (χ4n) is 2.95. The van der Waals surface area contributed by atoms with E-state index in [0.717, 1.165) is 29.7 Å². The molecular formula is C17H17NO3S. The summed E-state index contributed by atoms with van der Waals surface area (Å²) in [4.78, 5) is 0.387. The molecule has 22 heavy (non-hydrogen) atoms. The van der Waals surface area contributed by atoms with Crippen LogP contribution in [0.2, 0.25) is 0 Å². The fraction of sp³-hybridized carbons (Fsp3) is 0.294. The largest absolute Gasteiger partial charge is 0.372 e. The predicted molar refractivity (Wildman–Crippen MR) is 84.1 cm³/mol. The second-order valence-electron chi connectivity index (χ2n) is 5.75. The maximum Gasteiger partial charge on any atom is 0.264 e. The topological polar surface area (TPSA) is 46.6 Å². The zero-order valence-electron chi connectivity index (χ0n) is 12.1. The summed E-state index contributed by atoms with van der Waals surface area (Å²) in [7, 11) is -3.56. The van der Waals surface area contributed by atoms with Crippen molar-refractivity contribution < 1.29 is 13.2 Å². The SMILES string of the molecule is O=S(=O)(c1cccc2c1COC2)N(c1ccccc1)C1CC1. The van der Waals surface area contributed by atoms with Crippen molar-refractivity contribution in [3.05, 3.63) is 59.7 Å². The minimum Gasteiger partial charge on any atom is -0.372 e.